The lowest BCUT2D eigenvalue weighted by Crippen LogP contribution is -2.33. The van der Waals surface area contributed by atoms with Crippen molar-refractivity contribution in [2.75, 3.05) is 0 Å². The monoisotopic (exact) mass is 401 g/mol. The second-order valence-electron chi connectivity index (χ2n) is 7.16. The molecule has 0 aromatic heterocycles. The van der Waals surface area contributed by atoms with Crippen LogP contribution >= 0.6 is 0 Å². The number of fused-ring (bicyclic) bond motifs is 2. The Kier molecular flexibility index (Phi) is 4.54. The lowest BCUT2D eigenvalue weighted by atomic mass is 9.81. The van der Waals surface area contributed by atoms with Gasteiger partial charge in [-0.1, -0.05) is 60.7 Å². The molecule has 0 bridgehead atoms. The van der Waals surface area contributed by atoms with Gasteiger partial charge in [0.2, 0.25) is 0 Å². The summed E-state index contributed by atoms with van der Waals surface area (Å²) in [5, 5.41) is 23.5. The summed E-state index contributed by atoms with van der Waals surface area (Å²) in [5.41, 5.74) is 5.21. The summed E-state index contributed by atoms with van der Waals surface area (Å²) >= 11 is 0. The number of hydrogen-bond acceptors (Lipinski definition) is 5. The first kappa shape index (κ1) is 19.3. The van der Waals surface area contributed by atoms with Crippen molar-refractivity contribution in [2.45, 2.75) is 12.5 Å². The number of hydrogen-bond donors (Lipinski definition) is 3. The Hall–Kier alpha value is -4.06. The number of phenolic OH excluding ortho intramolecular Hbond substituents is 2. The van der Waals surface area contributed by atoms with Gasteiger partial charge < -0.3 is 20.7 Å². The number of aromatic hydroxyl groups is 2. The molecule has 0 aliphatic heterocycles. The van der Waals surface area contributed by atoms with Crippen LogP contribution in [-0.2, 0) is 10.3 Å². The third kappa shape index (κ3) is 2.90. The highest BCUT2D eigenvalue weighted by molar-refractivity contribution is 6.01. The van der Waals surface area contributed by atoms with Crippen LogP contribution in [0.15, 0.2) is 66.7 Å². The average molecular weight is 401 g/mol. The van der Waals surface area contributed by atoms with Crippen LogP contribution in [0.4, 0.5) is 4.79 Å². The fourth-order valence-corrected chi connectivity index (χ4v) is 4.13. The van der Waals surface area contributed by atoms with Gasteiger partial charge >= 0.3 is 6.09 Å². The topological polar surface area (TPSA) is 110 Å². The minimum absolute atomic E-state index is 0.102. The van der Waals surface area contributed by atoms with Gasteiger partial charge in [-0.05, 0) is 23.1 Å². The average Bonchev–Trinajstić information content (AvgIpc) is 2.72. The highest BCUT2D eigenvalue weighted by Gasteiger charge is 2.39. The van der Waals surface area contributed by atoms with E-state index in [-0.39, 0.29) is 17.1 Å². The number of rotatable bonds is 4. The maximum absolute atomic E-state index is 11.9. The zero-order valence-electron chi connectivity index (χ0n) is 16.1. The largest absolute Gasteiger partial charge is 0.507 e. The predicted octanol–water partition coefficient (Wildman–Crippen LogP) is 4.58. The van der Waals surface area contributed by atoms with Crippen molar-refractivity contribution in [1.82, 2.24) is 0 Å². The molecule has 4 N–H and O–H groups in total. The molecule has 0 aliphatic rings. The first-order valence-electron chi connectivity index (χ1n) is 9.27. The summed E-state index contributed by atoms with van der Waals surface area (Å²) in [5.74, 6) is -0.354. The molecule has 6 nitrogen and oxygen atoms in total. The number of benzene rings is 4. The Bertz CT molecular complexity index is 1310. The molecule has 4 rings (SSSR count). The van der Waals surface area contributed by atoms with Crippen LogP contribution < -0.4 is 5.73 Å². The van der Waals surface area contributed by atoms with Crippen molar-refractivity contribution in [3.63, 3.8) is 0 Å². The lowest BCUT2D eigenvalue weighted by Gasteiger charge is -2.33. The van der Waals surface area contributed by atoms with Crippen LogP contribution in [-0.4, -0.2) is 22.6 Å². The maximum atomic E-state index is 11.9. The Morgan fingerprint density at radius 2 is 1.50 bits per heavy atom. The van der Waals surface area contributed by atoms with E-state index in [1.54, 1.807) is 67.6 Å². The highest BCUT2D eigenvalue weighted by atomic mass is 16.6. The van der Waals surface area contributed by atoms with Gasteiger partial charge in [-0.2, -0.15) is 0 Å². The normalized spacial score (nSPS) is 13.1. The zero-order valence-corrected chi connectivity index (χ0v) is 16.1. The zero-order chi connectivity index (χ0) is 21.5. The first-order chi connectivity index (χ1) is 14.4. The summed E-state index contributed by atoms with van der Waals surface area (Å²) in [7, 11) is 0. The SMILES string of the molecule is CC(OC(N)=O)(c1ccc(C=O)c2ccccc12)c1c(O)cc(O)c2ccccc12. The van der Waals surface area contributed by atoms with E-state index in [4.69, 9.17) is 10.5 Å². The third-order valence-electron chi connectivity index (χ3n) is 5.38. The van der Waals surface area contributed by atoms with E-state index in [9.17, 15) is 19.8 Å². The number of aldehydes is 1. The second-order valence-corrected chi connectivity index (χ2v) is 7.16. The molecule has 0 aliphatic carbocycles. The number of nitrogens with two attached hydrogens (primary N) is 1. The highest BCUT2D eigenvalue weighted by Crippen LogP contribution is 2.47. The van der Waals surface area contributed by atoms with Gasteiger partial charge in [0.1, 0.15) is 11.5 Å². The molecular formula is C24H19NO5. The van der Waals surface area contributed by atoms with Gasteiger partial charge in [0.15, 0.2) is 11.9 Å². The maximum Gasteiger partial charge on any atom is 0.405 e. The van der Waals surface area contributed by atoms with Gasteiger partial charge in [0.05, 0.1) is 0 Å². The van der Waals surface area contributed by atoms with Crippen molar-refractivity contribution in [3.8, 4) is 11.5 Å². The van der Waals surface area contributed by atoms with Crippen LogP contribution in [0.1, 0.15) is 28.4 Å². The molecular weight excluding hydrogens is 382 g/mol. The van der Waals surface area contributed by atoms with E-state index < -0.39 is 11.7 Å². The molecule has 6 heteroatoms. The van der Waals surface area contributed by atoms with Crippen LogP contribution in [0.5, 0.6) is 11.5 Å². The first-order valence-corrected chi connectivity index (χ1v) is 9.27. The minimum atomic E-state index is -1.51. The van der Waals surface area contributed by atoms with Crippen LogP contribution in [0, 0.1) is 0 Å². The Morgan fingerprint density at radius 3 is 2.13 bits per heavy atom. The number of amides is 1. The van der Waals surface area contributed by atoms with E-state index in [2.05, 4.69) is 0 Å². The number of phenols is 2. The number of carbonyl (C=O) groups is 2. The molecule has 0 heterocycles. The minimum Gasteiger partial charge on any atom is -0.507 e. The molecule has 0 radical (unpaired) electrons. The molecule has 30 heavy (non-hydrogen) atoms. The summed E-state index contributed by atoms with van der Waals surface area (Å²) < 4.78 is 5.63. The molecule has 0 fully saturated rings. The molecule has 4 aromatic carbocycles. The molecule has 0 saturated heterocycles. The third-order valence-corrected chi connectivity index (χ3v) is 5.38. The fraction of sp³-hybridized carbons (Fsp3) is 0.0833. The van der Waals surface area contributed by atoms with Crippen molar-refractivity contribution in [3.05, 3.63) is 83.4 Å². The van der Waals surface area contributed by atoms with E-state index in [1.165, 1.54) is 6.07 Å². The quantitative estimate of drug-likeness (QED) is 0.434. The van der Waals surface area contributed by atoms with Crippen LogP contribution in [0.2, 0.25) is 0 Å². The van der Waals surface area contributed by atoms with E-state index >= 15 is 0 Å². The van der Waals surface area contributed by atoms with Crippen molar-refractivity contribution in [1.29, 1.82) is 0 Å². The molecule has 4 aromatic rings. The molecule has 1 amide bonds. The Labute approximate surface area is 172 Å². The molecule has 150 valence electrons. The summed E-state index contributed by atoms with van der Waals surface area (Å²) in [6, 6.07) is 18.7. The number of primary amides is 1. The van der Waals surface area contributed by atoms with Crippen LogP contribution in [0.3, 0.4) is 0 Å². The number of ether oxygens (including phenoxy) is 1. The van der Waals surface area contributed by atoms with Gasteiger partial charge in [-0.15, -0.1) is 0 Å². The molecule has 1 atom stereocenters. The van der Waals surface area contributed by atoms with Crippen molar-refractivity contribution >= 4 is 33.9 Å². The van der Waals surface area contributed by atoms with E-state index in [0.29, 0.717) is 32.7 Å². The van der Waals surface area contributed by atoms with Gasteiger partial charge in [-0.3, -0.25) is 4.79 Å². The van der Waals surface area contributed by atoms with Crippen molar-refractivity contribution < 1.29 is 24.5 Å². The summed E-state index contributed by atoms with van der Waals surface area (Å²) in [6.07, 6.45) is -0.274. The standard InChI is InChI=1S/C24H19NO5/c1-24(30-23(25)29,19-11-10-14(13-26)15-6-2-3-7-16(15)19)22-18-9-5-4-8-17(18)20(27)12-21(22)28/h2-13,27-28H,1H3,(H2,25,29). The summed E-state index contributed by atoms with van der Waals surface area (Å²) in [4.78, 5) is 23.5. The molecule has 1 unspecified atom stereocenters. The molecule has 0 saturated carbocycles. The van der Waals surface area contributed by atoms with Gasteiger partial charge in [-0.25, -0.2) is 4.79 Å². The van der Waals surface area contributed by atoms with Gasteiger partial charge in [0, 0.05) is 28.1 Å². The lowest BCUT2D eigenvalue weighted by molar-refractivity contribution is 0.0600. The van der Waals surface area contributed by atoms with E-state index in [0.717, 1.165) is 6.29 Å². The fourth-order valence-electron chi connectivity index (χ4n) is 4.13. The number of carbonyl (C=O) groups excluding carboxylic acids is 2. The van der Waals surface area contributed by atoms with E-state index in [1.807, 2.05) is 0 Å². The van der Waals surface area contributed by atoms with Crippen molar-refractivity contribution in [2.24, 2.45) is 5.73 Å². The van der Waals surface area contributed by atoms with Gasteiger partial charge in [0.25, 0.3) is 0 Å². The smallest absolute Gasteiger partial charge is 0.405 e. The second kappa shape index (κ2) is 7.08. The Morgan fingerprint density at radius 1 is 0.900 bits per heavy atom. The van der Waals surface area contributed by atoms with Crippen LogP contribution in [0.25, 0.3) is 21.5 Å². The summed E-state index contributed by atoms with van der Waals surface area (Å²) in [6.45, 7) is 1.62. The molecule has 0 spiro atoms. The Balaban J connectivity index is 2.15. The predicted molar refractivity (Wildman–Crippen MR) is 114 cm³/mol.